The van der Waals surface area contributed by atoms with Gasteiger partial charge in [0.1, 0.15) is 23.0 Å². The molecule has 42 heavy (non-hydrogen) atoms. The molecule has 0 radical (unpaired) electrons. The number of hydrogen-bond donors (Lipinski definition) is 1. The van der Waals surface area contributed by atoms with E-state index in [4.69, 9.17) is 27.9 Å². The molecule has 3 heterocycles. The zero-order valence-electron chi connectivity index (χ0n) is 21.7. The van der Waals surface area contributed by atoms with Crippen LogP contribution in [0.15, 0.2) is 70.5 Å². The van der Waals surface area contributed by atoms with Crippen molar-refractivity contribution < 1.29 is 13.9 Å². The van der Waals surface area contributed by atoms with Crippen molar-refractivity contribution in [2.45, 2.75) is 13.0 Å². The maximum absolute atomic E-state index is 14.1. The van der Waals surface area contributed by atoms with E-state index in [-0.39, 0.29) is 51.8 Å². The number of benzene rings is 3. The van der Waals surface area contributed by atoms with Crippen LogP contribution in [0.2, 0.25) is 10.0 Å². The van der Waals surface area contributed by atoms with Crippen molar-refractivity contribution >= 4 is 45.7 Å². The average Bonchev–Trinajstić information content (AvgIpc) is 3.33. The first-order chi connectivity index (χ1) is 20.2. The molecule has 1 amide bonds. The summed E-state index contributed by atoms with van der Waals surface area (Å²) in [5.41, 5.74) is 1.63. The molecule has 9 nitrogen and oxygen atoms in total. The molecule has 0 atom stereocenters. The molecule has 0 spiro atoms. The first-order valence-corrected chi connectivity index (χ1v) is 13.2. The molecule has 2 aromatic heterocycles. The third-order valence-corrected chi connectivity index (χ3v) is 7.52. The van der Waals surface area contributed by atoms with Crippen LogP contribution in [0.5, 0.6) is 5.75 Å². The molecule has 12 heteroatoms. The van der Waals surface area contributed by atoms with E-state index in [2.05, 4.69) is 10.3 Å². The molecule has 1 N–H and O–H groups in total. The lowest BCUT2D eigenvalue weighted by Crippen LogP contribution is -2.39. The highest BCUT2D eigenvalue weighted by molar-refractivity contribution is 6.34. The summed E-state index contributed by atoms with van der Waals surface area (Å²) in [7, 11) is 1.39. The van der Waals surface area contributed by atoms with E-state index in [0.717, 1.165) is 16.2 Å². The molecule has 3 aromatic carbocycles. The Hall–Kier alpha value is -4.98. The highest BCUT2D eigenvalue weighted by atomic mass is 35.5. The fourth-order valence-electron chi connectivity index (χ4n) is 5.08. The van der Waals surface area contributed by atoms with Crippen LogP contribution in [0.25, 0.3) is 27.7 Å². The van der Waals surface area contributed by atoms with Gasteiger partial charge < -0.3 is 10.1 Å². The third kappa shape index (κ3) is 4.59. The average molecular weight is 602 g/mol. The number of aromatic nitrogens is 3. The lowest BCUT2D eigenvalue weighted by molar-refractivity contribution is -0.115. The number of carbonyl (C=O) groups is 1. The number of nitriles is 1. The van der Waals surface area contributed by atoms with Crippen molar-refractivity contribution in [1.29, 1.82) is 5.26 Å². The number of pyridine rings is 1. The zero-order valence-corrected chi connectivity index (χ0v) is 23.3. The first kappa shape index (κ1) is 27.2. The summed E-state index contributed by atoms with van der Waals surface area (Å²) in [6, 6.07) is 13.8. The standard InChI is InChI=1S/C30H18Cl2FN5O4/c1-42-26-7-16(21-5-17-8-27(39)36-24(17)10-22(21)32)6-25-28(26)29(40)38(20-9-19(31)12-35-13-20)30(41)37(25)14-15-2-3-23(33)18(4-15)11-34/h2-7,9-10,12-13H,8,14H2,1H3,(H,36,39). The fraction of sp³-hybridized carbons (Fsp3) is 0.100. The largest absolute Gasteiger partial charge is 0.496 e. The molecule has 6 rings (SSSR count). The van der Waals surface area contributed by atoms with Gasteiger partial charge in [-0.25, -0.2) is 13.8 Å². The predicted molar refractivity (Wildman–Crippen MR) is 156 cm³/mol. The zero-order chi connectivity index (χ0) is 29.7. The summed E-state index contributed by atoms with van der Waals surface area (Å²) in [4.78, 5) is 44.0. The summed E-state index contributed by atoms with van der Waals surface area (Å²) in [5, 5.41) is 12.7. The molecule has 0 fully saturated rings. The number of hydrogen-bond acceptors (Lipinski definition) is 6. The lowest BCUT2D eigenvalue weighted by atomic mass is 9.99. The number of fused-ring (bicyclic) bond motifs is 2. The number of rotatable bonds is 5. The summed E-state index contributed by atoms with van der Waals surface area (Å²) in [6.07, 6.45) is 2.88. The SMILES string of the molecule is COc1cc(-c2cc3c(cc2Cl)NC(=O)C3)cc2c1c(=O)n(-c1cncc(Cl)c1)c(=O)n2Cc1ccc(F)c(C#N)c1. The molecule has 0 unspecified atom stereocenters. The topological polar surface area (TPSA) is 119 Å². The van der Waals surface area contributed by atoms with Crippen molar-refractivity contribution in [1.82, 2.24) is 14.1 Å². The molecule has 0 saturated carbocycles. The quantitative estimate of drug-likeness (QED) is 0.300. The number of methoxy groups -OCH3 is 1. The first-order valence-electron chi connectivity index (χ1n) is 12.5. The van der Waals surface area contributed by atoms with Gasteiger partial charge in [-0.3, -0.25) is 19.1 Å². The summed E-state index contributed by atoms with van der Waals surface area (Å²) in [6.45, 7) is -0.123. The second-order valence-corrected chi connectivity index (χ2v) is 10.4. The van der Waals surface area contributed by atoms with Crippen molar-refractivity contribution in [2.75, 3.05) is 12.4 Å². The van der Waals surface area contributed by atoms with Crippen molar-refractivity contribution in [3.8, 4) is 28.6 Å². The Morgan fingerprint density at radius 2 is 1.90 bits per heavy atom. The number of halogens is 3. The van der Waals surface area contributed by atoms with E-state index in [0.29, 0.717) is 27.4 Å². The van der Waals surface area contributed by atoms with E-state index in [1.807, 2.05) is 0 Å². The van der Waals surface area contributed by atoms with E-state index in [1.54, 1.807) is 30.3 Å². The van der Waals surface area contributed by atoms with Gasteiger partial charge in [0, 0.05) is 17.4 Å². The Labute approximate surface area is 246 Å². The fourth-order valence-corrected chi connectivity index (χ4v) is 5.52. The van der Waals surface area contributed by atoms with Crippen molar-refractivity contribution in [3.05, 3.63) is 114 Å². The molecule has 0 saturated heterocycles. The normalized spacial score (nSPS) is 12.2. The van der Waals surface area contributed by atoms with Crippen LogP contribution in [0.1, 0.15) is 16.7 Å². The number of anilines is 1. The minimum atomic E-state index is -0.728. The summed E-state index contributed by atoms with van der Waals surface area (Å²) < 4.78 is 22.0. The Morgan fingerprint density at radius 3 is 2.64 bits per heavy atom. The van der Waals surface area contributed by atoms with Crippen LogP contribution in [-0.2, 0) is 17.8 Å². The Morgan fingerprint density at radius 1 is 1.10 bits per heavy atom. The molecular weight excluding hydrogens is 584 g/mol. The number of nitrogens with zero attached hydrogens (tertiary/aromatic N) is 4. The van der Waals surface area contributed by atoms with E-state index < -0.39 is 17.1 Å². The van der Waals surface area contributed by atoms with Gasteiger partial charge in [0.25, 0.3) is 5.56 Å². The minimum absolute atomic E-state index is 0.0811. The second-order valence-electron chi connectivity index (χ2n) is 9.58. The maximum atomic E-state index is 14.1. The Bertz CT molecular complexity index is 2130. The number of ether oxygens (including phenoxy) is 1. The Balaban J connectivity index is 1.67. The Kier molecular flexibility index (Phi) is 6.77. The molecular formula is C30H18Cl2FN5O4. The van der Waals surface area contributed by atoms with Crippen LogP contribution in [0.4, 0.5) is 10.1 Å². The smallest absolute Gasteiger partial charge is 0.336 e. The van der Waals surface area contributed by atoms with Gasteiger partial charge in [-0.05, 0) is 59.2 Å². The summed E-state index contributed by atoms with van der Waals surface area (Å²) in [5.74, 6) is -0.695. The van der Waals surface area contributed by atoms with Crippen molar-refractivity contribution in [2.24, 2.45) is 0 Å². The lowest BCUT2D eigenvalue weighted by Gasteiger charge is -2.18. The van der Waals surface area contributed by atoms with Crippen LogP contribution in [0, 0.1) is 17.1 Å². The molecule has 0 aliphatic carbocycles. The molecule has 208 valence electrons. The van der Waals surface area contributed by atoms with Gasteiger partial charge in [0.2, 0.25) is 5.91 Å². The molecule has 0 bridgehead atoms. The van der Waals surface area contributed by atoms with Crippen LogP contribution in [-0.4, -0.2) is 27.1 Å². The van der Waals surface area contributed by atoms with Crippen LogP contribution < -0.4 is 21.3 Å². The number of carbonyl (C=O) groups excluding carboxylic acids is 1. The van der Waals surface area contributed by atoms with Gasteiger partial charge >= 0.3 is 5.69 Å². The number of nitrogens with one attached hydrogen (secondary N) is 1. The molecule has 1 aliphatic rings. The highest BCUT2D eigenvalue weighted by Gasteiger charge is 2.24. The van der Waals surface area contributed by atoms with E-state index >= 15 is 0 Å². The molecule has 5 aromatic rings. The van der Waals surface area contributed by atoms with Gasteiger partial charge in [-0.2, -0.15) is 5.26 Å². The predicted octanol–water partition coefficient (Wildman–Crippen LogP) is 5.08. The monoisotopic (exact) mass is 601 g/mol. The maximum Gasteiger partial charge on any atom is 0.336 e. The van der Waals surface area contributed by atoms with Crippen molar-refractivity contribution in [3.63, 3.8) is 0 Å². The second kappa shape index (κ2) is 10.4. The minimum Gasteiger partial charge on any atom is -0.496 e. The van der Waals surface area contributed by atoms with E-state index in [9.17, 15) is 24.0 Å². The third-order valence-electron chi connectivity index (χ3n) is 7.00. The van der Waals surface area contributed by atoms with Gasteiger partial charge in [0.15, 0.2) is 0 Å². The highest BCUT2D eigenvalue weighted by Crippen LogP contribution is 2.38. The van der Waals surface area contributed by atoms with Crippen LogP contribution in [0.3, 0.4) is 0 Å². The van der Waals surface area contributed by atoms with Gasteiger partial charge in [-0.15, -0.1) is 0 Å². The van der Waals surface area contributed by atoms with E-state index in [1.165, 1.54) is 42.3 Å². The van der Waals surface area contributed by atoms with Crippen LogP contribution >= 0.6 is 23.2 Å². The number of amides is 1. The molecule has 1 aliphatic heterocycles. The summed E-state index contributed by atoms with van der Waals surface area (Å²) >= 11 is 12.8. The van der Waals surface area contributed by atoms with Gasteiger partial charge in [-0.1, -0.05) is 29.3 Å². The van der Waals surface area contributed by atoms with Gasteiger partial charge in [0.05, 0.1) is 53.1 Å².